The lowest BCUT2D eigenvalue weighted by molar-refractivity contribution is 0.371. The van der Waals surface area contributed by atoms with E-state index in [1.165, 1.54) is 11.3 Å². The Morgan fingerprint density at radius 3 is 2.71 bits per heavy atom. The van der Waals surface area contributed by atoms with Gasteiger partial charge in [0, 0.05) is 25.2 Å². The summed E-state index contributed by atoms with van der Waals surface area (Å²) in [6.45, 7) is 5.34. The van der Waals surface area contributed by atoms with Gasteiger partial charge in [0.1, 0.15) is 17.8 Å². The molecule has 0 amide bonds. The number of para-hydroxylation sites is 1. The van der Waals surface area contributed by atoms with Crippen LogP contribution in [0.2, 0.25) is 0 Å². The first-order chi connectivity index (χ1) is 9.61. The summed E-state index contributed by atoms with van der Waals surface area (Å²) < 4.78 is 0. The van der Waals surface area contributed by atoms with Crippen LogP contribution in [0.4, 0.5) is 5.69 Å². The Bertz CT molecular complexity index is 581. The van der Waals surface area contributed by atoms with Crippen LogP contribution >= 0.6 is 24.0 Å². The highest BCUT2D eigenvalue weighted by atomic mass is 127. The van der Waals surface area contributed by atoms with Crippen LogP contribution in [0, 0.1) is 0 Å². The van der Waals surface area contributed by atoms with E-state index in [1.54, 1.807) is 0 Å². The van der Waals surface area contributed by atoms with Crippen molar-refractivity contribution >= 4 is 35.5 Å². The second kappa shape index (κ2) is 6.36. The van der Waals surface area contributed by atoms with Gasteiger partial charge in [-0.25, -0.2) is 4.99 Å². The molecule has 1 N–H and O–H groups in total. The van der Waals surface area contributed by atoms with Gasteiger partial charge in [-0.3, -0.25) is 5.32 Å². The molecule has 2 aliphatic heterocycles. The average molecular weight is 398 g/mol. The van der Waals surface area contributed by atoms with Crippen molar-refractivity contribution < 1.29 is 0 Å². The van der Waals surface area contributed by atoms with Crippen molar-refractivity contribution in [2.45, 2.75) is 25.9 Å². The molecule has 2 aliphatic rings. The number of hydrogen-bond acceptors (Lipinski definition) is 4. The maximum absolute atomic E-state index is 4.77. The molecular formula is C16H23IN4. The topological polar surface area (TPSA) is 30.9 Å². The number of rotatable bonds is 2. The van der Waals surface area contributed by atoms with Crippen molar-refractivity contribution in [1.82, 2.24) is 10.2 Å². The minimum Gasteiger partial charge on any atom is -0.344 e. The van der Waals surface area contributed by atoms with Crippen LogP contribution in [-0.2, 0) is 0 Å². The second-order valence-corrected chi connectivity index (χ2v) is 5.60. The fourth-order valence-electron chi connectivity index (χ4n) is 3.00. The predicted octanol–water partition coefficient (Wildman–Crippen LogP) is 2.98. The number of hydrogen-bond donors (Lipinski definition) is 1. The normalized spacial score (nSPS) is 24.2. The SMILES string of the molecule is CNC1C=C(N2CC(C)c3ccccc32)N=C(C)N1C.I. The summed E-state index contributed by atoms with van der Waals surface area (Å²) in [6, 6.07) is 8.64. The molecule has 5 heteroatoms. The Hall–Kier alpha value is -1.08. The first-order valence-corrected chi connectivity index (χ1v) is 7.15. The number of halogens is 1. The molecule has 0 saturated heterocycles. The molecule has 0 aliphatic carbocycles. The summed E-state index contributed by atoms with van der Waals surface area (Å²) in [5.74, 6) is 2.64. The zero-order chi connectivity index (χ0) is 14.3. The fourth-order valence-corrected chi connectivity index (χ4v) is 3.00. The molecular weight excluding hydrogens is 375 g/mol. The largest absolute Gasteiger partial charge is 0.344 e. The van der Waals surface area contributed by atoms with Gasteiger partial charge in [-0.2, -0.15) is 0 Å². The Morgan fingerprint density at radius 2 is 2.00 bits per heavy atom. The molecule has 0 fully saturated rings. The van der Waals surface area contributed by atoms with E-state index < -0.39 is 0 Å². The number of amidine groups is 1. The van der Waals surface area contributed by atoms with E-state index in [1.807, 2.05) is 7.05 Å². The molecule has 0 radical (unpaired) electrons. The molecule has 4 nitrogen and oxygen atoms in total. The molecule has 2 atom stereocenters. The van der Waals surface area contributed by atoms with Crippen LogP contribution in [0.1, 0.15) is 25.3 Å². The maximum atomic E-state index is 4.77. The van der Waals surface area contributed by atoms with E-state index in [-0.39, 0.29) is 30.1 Å². The second-order valence-electron chi connectivity index (χ2n) is 5.60. The van der Waals surface area contributed by atoms with Crippen LogP contribution in [0.3, 0.4) is 0 Å². The first kappa shape index (κ1) is 16.3. The molecule has 2 unspecified atom stereocenters. The van der Waals surface area contributed by atoms with Gasteiger partial charge in [-0.1, -0.05) is 25.1 Å². The summed E-state index contributed by atoms with van der Waals surface area (Å²) in [5, 5.41) is 3.31. The van der Waals surface area contributed by atoms with Crippen LogP contribution in [0.25, 0.3) is 0 Å². The number of anilines is 1. The lowest BCUT2D eigenvalue weighted by Crippen LogP contribution is -2.46. The van der Waals surface area contributed by atoms with Crippen LogP contribution < -0.4 is 10.2 Å². The highest BCUT2D eigenvalue weighted by Gasteiger charge is 2.29. The van der Waals surface area contributed by atoms with Gasteiger partial charge in [0.25, 0.3) is 0 Å². The molecule has 1 aromatic rings. The number of nitrogens with one attached hydrogen (secondary N) is 1. The fraction of sp³-hybridized carbons (Fsp3) is 0.438. The Labute approximate surface area is 143 Å². The molecule has 0 aromatic heterocycles. The number of likely N-dealkylation sites (N-methyl/N-ethyl adjacent to an activating group) is 2. The highest BCUT2D eigenvalue weighted by molar-refractivity contribution is 14.0. The summed E-state index contributed by atoms with van der Waals surface area (Å²) in [7, 11) is 4.04. The lowest BCUT2D eigenvalue weighted by Gasteiger charge is -2.33. The van der Waals surface area contributed by atoms with Crippen molar-refractivity contribution in [3.8, 4) is 0 Å². The molecule has 0 spiro atoms. The zero-order valence-electron chi connectivity index (χ0n) is 13.0. The average Bonchev–Trinajstić information content (AvgIpc) is 2.80. The van der Waals surface area contributed by atoms with E-state index in [2.05, 4.69) is 66.4 Å². The molecule has 0 saturated carbocycles. The third-order valence-electron chi connectivity index (χ3n) is 4.30. The Morgan fingerprint density at radius 1 is 1.29 bits per heavy atom. The van der Waals surface area contributed by atoms with Gasteiger partial charge in [0.2, 0.25) is 0 Å². The quantitative estimate of drug-likeness (QED) is 0.778. The number of fused-ring (bicyclic) bond motifs is 1. The van der Waals surface area contributed by atoms with E-state index in [0.717, 1.165) is 18.2 Å². The minimum atomic E-state index is 0. The summed E-state index contributed by atoms with van der Waals surface area (Å²) >= 11 is 0. The zero-order valence-corrected chi connectivity index (χ0v) is 15.3. The van der Waals surface area contributed by atoms with Crippen LogP contribution in [-0.4, -0.2) is 37.5 Å². The molecule has 2 heterocycles. The van der Waals surface area contributed by atoms with Gasteiger partial charge in [-0.15, -0.1) is 24.0 Å². The van der Waals surface area contributed by atoms with Gasteiger partial charge in [0.05, 0.1) is 0 Å². The molecule has 1 aromatic carbocycles. The summed E-state index contributed by atoms with van der Waals surface area (Å²) in [6.07, 6.45) is 2.40. The third kappa shape index (κ3) is 2.81. The Kier molecular flexibility index (Phi) is 4.93. The molecule has 0 bridgehead atoms. The van der Waals surface area contributed by atoms with E-state index in [4.69, 9.17) is 4.99 Å². The summed E-state index contributed by atoms with van der Waals surface area (Å²) in [4.78, 5) is 9.25. The summed E-state index contributed by atoms with van der Waals surface area (Å²) in [5.41, 5.74) is 2.71. The van der Waals surface area contributed by atoms with Gasteiger partial charge >= 0.3 is 0 Å². The van der Waals surface area contributed by atoms with Crippen LogP contribution in [0.15, 0.2) is 41.2 Å². The van der Waals surface area contributed by atoms with Gasteiger partial charge in [-0.05, 0) is 31.7 Å². The molecule has 114 valence electrons. The van der Waals surface area contributed by atoms with Gasteiger partial charge < -0.3 is 9.80 Å². The molecule has 3 rings (SSSR count). The number of benzene rings is 1. The number of nitrogens with zero attached hydrogens (tertiary/aromatic N) is 3. The third-order valence-corrected chi connectivity index (χ3v) is 4.30. The van der Waals surface area contributed by atoms with Crippen molar-refractivity contribution in [3.05, 3.63) is 41.7 Å². The monoisotopic (exact) mass is 398 g/mol. The van der Waals surface area contributed by atoms with E-state index in [9.17, 15) is 0 Å². The van der Waals surface area contributed by atoms with Gasteiger partial charge in [0.15, 0.2) is 0 Å². The smallest absolute Gasteiger partial charge is 0.134 e. The minimum absolute atomic E-state index is 0. The van der Waals surface area contributed by atoms with Crippen molar-refractivity contribution in [1.29, 1.82) is 0 Å². The van der Waals surface area contributed by atoms with Crippen LogP contribution in [0.5, 0.6) is 0 Å². The maximum Gasteiger partial charge on any atom is 0.134 e. The first-order valence-electron chi connectivity index (χ1n) is 7.15. The lowest BCUT2D eigenvalue weighted by atomic mass is 10.0. The van der Waals surface area contributed by atoms with E-state index >= 15 is 0 Å². The van der Waals surface area contributed by atoms with Crippen molar-refractivity contribution in [2.24, 2.45) is 4.99 Å². The van der Waals surface area contributed by atoms with E-state index in [0.29, 0.717) is 5.92 Å². The predicted molar refractivity (Wildman–Crippen MR) is 99.4 cm³/mol. The Balaban J connectivity index is 0.00000161. The van der Waals surface area contributed by atoms with Crippen molar-refractivity contribution in [2.75, 3.05) is 25.5 Å². The highest BCUT2D eigenvalue weighted by Crippen LogP contribution is 2.38. The van der Waals surface area contributed by atoms with Crippen molar-refractivity contribution in [3.63, 3.8) is 0 Å². The molecule has 21 heavy (non-hydrogen) atoms. The standard InChI is InChI=1S/C16H22N4.HI/c1-11-10-20(14-8-6-5-7-13(11)14)16-9-15(17-3)19(4)12(2)18-16;/h5-9,11,15,17H,10H2,1-4H3;1H. The number of aliphatic imine (C=N–C) groups is 1.